The van der Waals surface area contributed by atoms with Gasteiger partial charge in [-0.15, -0.1) is 0 Å². The highest BCUT2D eigenvalue weighted by Gasteiger charge is 2.19. The maximum Gasteiger partial charge on any atom is 0.236 e. The standard InChI is InChI=1S/C12H15FN2O2/c1-14-7-12(16)15-4-5-17-11-3-2-10(13)6-9(11)8-15/h2-3,6,14H,4-5,7-8H2,1H3. The molecule has 0 aromatic heterocycles. The van der Waals surface area contributed by atoms with Gasteiger partial charge in [0, 0.05) is 12.1 Å². The highest BCUT2D eigenvalue weighted by molar-refractivity contribution is 5.78. The molecule has 1 aromatic rings. The summed E-state index contributed by atoms with van der Waals surface area (Å²) in [5.41, 5.74) is 0.715. The largest absolute Gasteiger partial charge is 0.491 e. The van der Waals surface area contributed by atoms with E-state index in [1.807, 2.05) is 0 Å². The van der Waals surface area contributed by atoms with E-state index in [4.69, 9.17) is 4.74 Å². The Morgan fingerprint density at radius 1 is 1.59 bits per heavy atom. The molecule has 1 aliphatic heterocycles. The van der Waals surface area contributed by atoms with Crippen LogP contribution in [-0.4, -0.2) is 37.6 Å². The van der Waals surface area contributed by atoms with Gasteiger partial charge >= 0.3 is 0 Å². The van der Waals surface area contributed by atoms with Crippen LogP contribution in [0.4, 0.5) is 4.39 Å². The number of ether oxygens (including phenoxy) is 1. The summed E-state index contributed by atoms with van der Waals surface area (Å²) < 4.78 is 18.6. The minimum atomic E-state index is -0.310. The number of hydrogen-bond donors (Lipinski definition) is 1. The Kier molecular flexibility index (Phi) is 3.58. The third-order valence-electron chi connectivity index (χ3n) is 2.68. The summed E-state index contributed by atoms with van der Waals surface area (Å²) in [5.74, 6) is 0.342. The number of carbonyl (C=O) groups is 1. The molecule has 0 spiro atoms. The van der Waals surface area contributed by atoms with Crippen LogP contribution in [0.25, 0.3) is 0 Å². The van der Waals surface area contributed by atoms with Crippen LogP contribution in [0.15, 0.2) is 18.2 Å². The number of nitrogens with one attached hydrogen (secondary N) is 1. The second-order valence-corrected chi connectivity index (χ2v) is 3.95. The van der Waals surface area contributed by atoms with Gasteiger partial charge in [0.2, 0.25) is 5.91 Å². The molecule has 0 unspecified atom stereocenters. The Bertz CT molecular complexity index is 423. The summed E-state index contributed by atoms with van der Waals surface area (Å²) in [7, 11) is 1.72. The highest BCUT2D eigenvalue weighted by Crippen LogP contribution is 2.23. The Balaban J connectivity index is 2.18. The molecule has 5 heteroatoms. The van der Waals surface area contributed by atoms with Gasteiger partial charge in [0.25, 0.3) is 0 Å². The number of benzene rings is 1. The second kappa shape index (κ2) is 5.14. The summed E-state index contributed by atoms with van der Waals surface area (Å²) in [6.07, 6.45) is 0. The van der Waals surface area contributed by atoms with Crippen molar-refractivity contribution in [3.8, 4) is 5.75 Å². The lowest BCUT2D eigenvalue weighted by molar-refractivity contribution is -0.130. The van der Waals surface area contributed by atoms with Gasteiger partial charge in [0.15, 0.2) is 0 Å². The van der Waals surface area contributed by atoms with Crippen molar-refractivity contribution < 1.29 is 13.9 Å². The molecule has 1 heterocycles. The van der Waals surface area contributed by atoms with Crippen molar-refractivity contribution in [3.63, 3.8) is 0 Å². The van der Waals surface area contributed by atoms with E-state index in [0.717, 1.165) is 0 Å². The SMILES string of the molecule is CNCC(=O)N1CCOc2ccc(F)cc2C1. The van der Waals surface area contributed by atoms with Crippen molar-refractivity contribution in [2.24, 2.45) is 0 Å². The van der Waals surface area contributed by atoms with Crippen molar-refractivity contribution in [2.45, 2.75) is 6.54 Å². The summed E-state index contributed by atoms with van der Waals surface area (Å²) in [6, 6.07) is 4.39. The third kappa shape index (κ3) is 2.74. The van der Waals surface area contributed by atoms with Crippen LogP contribution in [-0.2, 0) is 11.3 Å². The molecule has 0 saturated heterocycles. The summed E-state index contributed by atoms with van der Waals surface area (Å²) >= 11 is 0. The number of carbonyl (C=O) groups excluding carboxylic acids is 1. The van der Waals surface area contributed by atoms with E-state index in [-0.39, 0.29) is 18.3 Å². The number of amides is 1. The maximum atomic E-state index is 13.1. The molecule has 1 aromatic carbocycles. The van der Waals surface area contributed by atoms with E-state index in [0.29, 0.717) is 31.0 Å². The number of rotatable bonds is 2. The van der Waals surface area contributed by atoms with Crippen molar-refractivity contribution >= 4 is 5.91 Å². The van der Waals surface area contributed by atoms with Gasteiger partial charge in [-0.2, -0.15) is 0 Å². The number of likely N-dealkylation sites (N-methyl/N-ethyl adjacent to an activating group) is 1. The molecule has 1 N–H and O–H groups in total. The van der Waals surface area contributed by atoms with Gasteiger partial charge < -0.3 is 15.0 Å². The zero-order chi connectivity index (χ0) is 12.3. The average Bonchev–Trinajstić information content (AvgIpc) is 2.50. The lowest BCUT2D eigenvalue weighted by atomic mass is 10.2. The normalized spacial score (nSPS) is 14.8. The van der Waals surface area contributed by atoms with E-state index in [9.17, 15) is 9.18 Å². The molecule has 2 rings (SSSR count). The first-order valence-corrected chi connectivity index (χ1v) is 5.54. The van der Waals surface area contributed by atoms with Gasteiger partial charge in [0.1, 0.15) is 18.2 Å². The number of halogens is 1. The number of fused-ring (bicyclic) bond motifs is 1. The average molecular weight is 238 g/mol. The Labute approximate surface area is 99.4 Å². The van der Waals surface area contributed by atoms with Crippen molar-refractivity contribution in [2.75, 3.05) is 26.7 Å². The molecular formula is C12H15FN2O2. The van der Waals surface area contributed by atoms with Crippen LogP contribution in [0, 0.1) is 5.82 Å². The fourth-order valence-corrected chi connectivity index (χ4v) is 1.84. The van der Waals surface area contributed by atoms with E-state index >= 15 is 0 Å². The van der Waals surface area contributed by atoms with Gasteiger partial charge in [-0.1, -0.05) is 0 Å². The minimum Gasteiger partial charge on any atom is -0.491 e. The van der Waals surface area contributed by atoms with Crippen molar-refractivity contribution in [3.05, 3.63) is 29.6 Å². The topological polar surface area (TPSA) is 41.6 Å². The minimum absolute atomic E-state index is 0.00629. The first-order valence-electron chi connectivity index (χ1n) is 5.54. The molecule has 17 heavy (non-hydrogen) atoms. The van der Waals surface area contributed by atoms with E-state index in [2.05, 4.69) is 5.32 Å². The van der Waals surface area contributed by atoms with E-state index in [1.54, 1.807) is 18.0 Å². The van der Waals surface area contributed by atoms with Gasteiger partial charge in [-0.3, -0.25) is 4.79 Å². The smallest absolute Gasteiger partial charge is 0.236 e. The molecule has 0 radical (unpaired) electrons. The molecule has 4 nitrogen and oxygen atoms in total. The second-order valence-electron chi connectivity index (χ2n) is 3.95. The van der Waals surface area contributed by atoms with Crippen LogP contribution < -0.4 is 10.1 Å². The lowest BCUT2D eigenvalue weighted by Gasteiger charge is -2.19. The van der Waals surface area contributed by atoms with Gasteiger partial charge in [-0.25, -0.2) is 4.39 Å². The molecule has 0 aliphatic carbocycles. The van der Waals surface area contributed by atoms with Crippen LogP contribution in [0.1, 0.15) is 5.56 Å². The van der Waals surface area contributed by atoms with Gasteiger partial charge in [-0.05, 0) is 25.2 Å². The quantitative estimate of drug-likeness (QED) is 0.827. The van der Waals surface area contributed by atoms with Gasteiger partial charge in [0.05, 0.1) is 13.1 Å². The molecule has 0 atom stereocenters. The monoisotopic (exact) mass is 238 g/mol. The molecule has 1 aliphatic rings. The van der Waals surface area contributed by atoms with Crippen LogP contribution in [0.3, 0.4) is 0 Å². The zero-order valence-corrected chi connectivity index (χ0v) is 9.70. The maximum absolute atomic E-state index is 13.1. The summed E-state index contributed by atoms with van der Waals surface area (Å²) in [5, 5.41) is 2.81. The van der Waals surface area contributed by atoms with Crippen LogP contribution in [0.2, 0.25) is 0 Å². The fraction of sp³-hybridized carbons (Fsp3) is 0.417. The number of nitrogens with zero attached hydrogens (tertiary/aromatic N) is 1. The van der Waals surface area contributed by atoms with Crippen molar-refractivity contribution in [1.82, 2.24) is 10.2 Å². The third-order valence-corrected chi connectivity index (χ3v) is 2.68. The Morgan fingerprint density at radius 2 is 2.41 bits per heavy atom. The molecular weight excluding hydrogens is 223 g/mol. The van der Waals surface area contributed by atoms with Crippen LogP contribution in [0.5, 0.6) is 5.75 Å². The summed E-state index contributed by atoms with van der Waals surface area (Å²) in [6.45, 7) is 1.64. The van der Waals surface area contributed by atoms with Crippen LogP contribution >= 0.6 is 0 Å². The predicted octanol–water partition coefficient (Wildman–Crippen LogP) is 0.766. The Morgan fingerprint density at radius 3 is 3.18 bits per heavy atom. The van der Waals surface area contributed by atoms with Crippen molar-refractivity contribution in [1.29, 1.82) is 0 Å². The number of hydrogen-bond acceptors (Lipinski definition) is 3. The lowest BCUT2D eigenvalue weighted by Crippen LogP contribution is -2.37. The highest BCUT2D eigenvalue weighted by atomic mass is 19.1. The molecule has 92 valence electrons. The zero-order valence-electron chi connectivity index (χ0n) is 9.70. The van der Waals surface area contributed by atoms with E-state index in [1.165, 1.54) is 12.1 Å². The summed E-state index contributed by atoms with van der Waals surface area (Å²) in [4.78, 5) is 13.4. The first kappa shape index (κ1) is 11.9. The molecule has 0 fully saturated rings. The first-order chi connectivity index (χ1) is 8.20. The van der Waals surface area contributed by atoms with E-state index < -0.39 is 0 Å². The molecule has 1 amide bonds. The fourth-order valence-electron chi connectivity index (χ4n) is 1.84. The molecule has 0 saturated carbocycles. The Hall–Kier alpha value is -1.62. The predicted molar refractivity (Wildman–Crippen MR) is 61.2 cm³/mol. The molecule has 0 bridgehead atoms.